The summed E-state index contributed by atoms with van der Waals surface area (Å²) in [6.45, 7) is 4.54. The Morgan fingerprint density at radius 3 is 2.93 bits per heavy atom. The van der Waals surface area contributed by atoms with Gasteiger partial charge in [-0.2, -0.15) is 0 Å². The number of nitrogens with one attached hydrogen (secondary N) is 2. The molecule has 0 amide bonds. The molecule has 2 rings (SSSR count). The number of rotatable bonds is 2. The number of piperazine rings is 1. The molecule has 1 aliphatic rings. The van der Waals surface area contributed by atoms with E-state index in [-0.39, 0.29) is 12.1 Å². The van der Waals surface area contributed by atoms with Crippen LogP contribution in [-0.4, -0.2) is 29.8 Å². The molecular weight excluding hydrogens is 182 g/mol. The van der Waals surface area contributed by atoms with Crippen molar-refractivity contribution in [2.24, 2.45) is 5.73 Å². The van der Waals surface area contributed by atoms with Gasteiger partial charge in [0, 0.05) is 19.6 Å². The van der Waals surface area contributed by atoms with Gasteiger partial charge in [-0.1, -0.05) is 0 Å². The van der Waals surface area contributed by atoms with E-state index >= 15 is 0 Å². The summed E-state index contributed by atoms with van der Waals surface area (Å²) in [5, 5.41) is 14.4. The van der Waals surface area contributed by atoms with Crippen LogP contribution in [0.1, 0.15) is 30.8 Å². The van der Waals surface area contributed by atoms with Gasteiger partial charge >= 0.3 is 0 Å². The summed E-state index contributed by atoms with van der Waals surface area (Å²) in [5.74, 6) is 1.11. The van der Waals surface area contributed by atoms with Crippen LogP contribution in [0.3, 0.4) is 0 Å². The molecule has 14 heavy (non-hydrogen) atoms. The summed E-state index contributed by atoms with van der Waals surface area (Å²) < 4.78 is 5.43. The van der Waals surface area contributed by atoms with Crippen LogP contribution in [0.25, 0.3) is 0 Å². The lowest BCUT2D eigenvalue weighted by atomic mass is 10.2. The standard InChI is InChI=1S/C8H15N5O/c1-5(9)7-12-13-8(14-7)6-4-10-2-3-11-6/h5-6,10-11H,2-4,9H2,1H3. The highest BCUT2D eigenvalue weighted by Gasteiger charge is 2.21. The van der Waals surface area contributed by atoms with Gasteiger partial charge in [0.2, 0.25) is 11.8 Å². The molecule has 2 unspecified atom stereocenters. The second-order valence-corrected chi connectivity index (χ2v) is 3.48. The third kappa shape index (κ3) is 1.92. The van der Waals surface area contributed by atoms with Gasteiger partial charge in [0.15, 0.2) is 0 Å². The second-order valence-electron chi connectivity index (χ2n) is 3.48. The smallest absolute Gasteiger partial charge is 0.234 e. The normalized spacial score (nSPS) is 24.9. The van der Waals surface area contributed by atoms with Crippen LogP contribution in [0.4, 0.5) is 0 Å². The lowest BCUT2D eigenvalue weighted by Gasteiger charge is -2.21. The molecule has 1 aliphatic heterocycles. The zero-order valence-electron chi connectivity index (χ0n) is 8.16. The summed E-state index contributed by atoms with van der Waals surface area (Å²) in [6, 6.07) is -0.0865. The molecule has 6 heteroatoms. The van der Waals surface area contributed by atoms with Gasteiger partial charge in [0.05, 0.1) is 12.1 Å². The number of nitrogens with two attached hydrogens (primary N) is 1. The minimum Gasteiger partial charge on any atom is -0.422 e. The van der Waals surface area contributed by atoms with Crippen LogP contribution in [0.5, 0.6) is 0 Å². The predicted octanol–water partition coefficient (Wildman–Crippen LogP) is -0.677. The van der Waals surface area contributed by atoms with E-state index in [0.29, 0.717) is 11.8 Å². The van der Waals surface area contributed by atoms with E-state index in [2.05, 4.69) is 20.8 Å². The van der Waals surface area contributed by atoms with Crippen LogP contribution in [0.2, 0.25) is 0 Å². The van der Waals surface area contributed by atoms with Crippen LogP contribution in [-0.2, 0) is 0 Å². The fraction of sp³-hybridized carbons (Fsp3) is 0.750. The Labute approximate surface area is 82.3 Å². The highest BCUT2D eigenvalue weighted by atomic mass is 16.4. The topological polar surface area (TPSA) is 89.0 Å². The Kier molecular flexibility index (Phi) is 2.76. The molecular formula is C8H15N5O. The van der Waals surface area contributed by atoms with E-state index < -0.39 is 0 Å². The summed E-state index contributed by atoms with van der Waals surface area (Å²) in [5.41, 5.74) is 5.62. The van der Waals surface area contributed by atoms with E-state index in [9.17, 15) is 0 Å². The van der Waals surface area contributed by atoms with Gasteiger partial charge in [-0.25, -0.2) is 0 Å². The molecule has 2 atom stereocenters. The maximum Gasteiger partial charge on any atom is 0.234 e. The number of nitrogens with zero attached hydrogens (tertiary/aromatic N) is 2. The van der Waals surface area contributed by atoms with Gasteiger partial charge in [-0.05, 0) is 6.92 Å². The summed E-state index contributed by atoms with van der Waals surface area (Å²) >= 11 is 0. The Hall–Kier alpha value is -0.980. The first-order chi connectivity index (χ1) is 6.77. The molecule has 0 aromatic carbocycles. The Morgan fingerprint density at radius 1 is 1.50 bits per heavy atom. The van der Waals surface area contributed by atoms with Crippen molar-refractivity contribution < 1.29 is 4.42 Å². The lowest BCUT2D eigenvalue weighted by Crippen LogP contribution is -2.42. The zero-order valence-corrected chi connectivity index (χ0v) is 8.16. The minimum absolute atomic E-state index is 0.115. The highest BCUT2D eigenvalue weighted by molar-refractivity contribution is 4.94. The fourth-order valence-electron chi connectivity index (χ4n) is 1.40. The van der Waals surface area contributed by atoms with Crippen LogP contribution >= 0.6 is 0 Å². The molecule has 1 aromatic heterocycles. The summed E-state index contributed by atoms with van der Waals surface area (Å²) in [4.78, 5) is 0. The predicted molar refractivity (Wildman–Crippen MR) is 50.5 cm³/mol. The molecule has 1 aromatic rings. The van der Waals surface area contributed by atoms with Crippen molar-refractivity contribution in [1.82, 2.24) is 20.8 Å². The third-order valence-electron chi connectivity index (χ3n) is 2.18. The molecule has 1 saturated heterocycles. The van der Waals surface area contributed by atoms with E-state index in [1.807, 2.05) is 6.92 Å². The van der Waals surface area contributed by atoms with Crippen LogP contribution < -0.4 is 16.4 Å². The Balaban J connectivity index is 2.07. The van der Waals surface area contributed by atoms with Crippen molar-refractivity contribution in [1.29, 1.82) is 0 Å². The molecule has 0 aliphatic carbocycles. The van der Waals surface area contributed by atoms with Crippen molar-refractivity contribution in [3.05, 3.63) is 11.8 Å². The molecule has 4 N–H and O–H groups in total. The van der Waals surface area contributed by atoms with E-state index in [0.717, 1.165) is 19.6 Å². The molecule has 0 radical (unpaired) electrons. The fourth-order valence-corrected chi connectivity index (χ4v) is 1.40. The molecule has 0 bridgehead atoms. The number of hydrogen-bond acceptors (Lipinski definition) is 6. The van der Waals surface area contributed by atoms with E-state index in [1.165, 1.54) is 0 Å². The Morgan fingerprint density at radius 2 is 2.36 bits per heavy atom. The van der Waals surface area contributed by atoms with Crippen molar-refractivity contribution in [2.45, 2.75) is 19.0 Å². The van der Waals surface area contributed by atoms with Gasteiger partial charge < -0.3 is 20.8 Å². The SMILES string of the molecule is CC(N)c1nnc(C2CNCCN2)o1. The number of hydrogen-bond donors (Lipinski definition) is 3. The number of aromatic nitrogens is 2. The van der Waals surface area contributed by atoms with E-state index in [4.69, 9.17) is 10.2 Å². The van der Waals surface area contributed by atoms with Crippen molar-refractivity contribution >= 4 is 0 Å². The first-order valence-electron chi connectivity index (χ1n) is 4.80. The molecule has 0 spiro atoms. The average molecular weight is 197 g/mol. The van der Waals surface area contributed by atoms with Crippen molar-refractivity contribution in [2.75, 3.05) is 19.6 Å². The highest BCUT2D eigenvalue weighted by Crippen LogP contribution is 2.14. The zero-order chi connectivity index (χ0) is 9.97. The quantitative estimate of drug-likeness (QED) is 0.582. The van der Waals surface area contributed by atoms with Crippen LogP contribution in [0.15, 0.2) is 4.42 Å². The van der Waals surface area contributed by atoms with Gasteiger partial charge in [-0.3, -0.25) is 0 Å². The minimum atomic E-state index is -0.201. The van der Waals surface area contributed by atoms with Crippen molar-refractivity contribution in [3.63, 3.8) is 0 Å². The largest absolute Gasteiger partial charge is 0.422 e. The van der Waals surface area contributed by atoms with Crippen molar-refractivity contribution in [3.8, 4) is 0 Å². The first kappa shape index (κ1) is 9.57. The molecule has 2 heterocycles. The lowest BCUT2D eigenvalue weighted by molar-refractivity contribution is 0.335. The molecule has 1 fully saturated rings. The molecule has 78 valence electrons. The van der Waals surface area contributed by atoms with E-state index in [1.54, 1.807) is 0 Å². The summed E-state index contributed by atoms with van der Waals surface area (Å²) in [7, 11) is 0. The maximum atomic E-state index is 5.62. The third-order valence-corrected chi connectivity index (χ3v) is 2.18. The van der Waals surface area contributed by atoms with Gasteiger partial charge in [-0.15, -0.1) is 10.2 Å². The van der Waals surface area contributed by atoms with Crippen LogP contribution in [0, 0.1) is 0 Å². The molecule has 0 saturated carbocycles. The Bertz CT molecular complexity index is 292. The second kappa shape index (κ2) is 4.04. The van der Waals surface area contributed by atoms with Gasteiger partial charge in [0.25, 0.3) is 0 Å². The first-order valence-corrected chi connectivity index (χ1v) is 4.80. The maximum absolute atomic E-state index is 5.62. The molecule has 6 nitrogen and oxygen atoms in total. The monoisotopic (exact) mass is 197 g/mol. The summed E-state index contributed by atoms with van der Waals surface area (Å²) in [6.07, 6.45) is 0. The van der Waals surface area contributed by atoms with Gasteiger partial charge in [0.1, 0.15) is 0 Å². The average Bonchev–Trinajstić information content (AvgIpc) is 2.68.